The van der Waals surface area contributed by atoms with Crippen LogP contribution in [0.3, 0.4) is 0 Å². The molecule has 3 rings (SSSR count). The van der Waals surface area contributed by atoms with E-state index in [2.05, 4.69) is 22.1 Å². The number of aromatic nitrogens is 2. The fourth-order valence-electron chi connectivity index (χ4n) is 3.13. The standard InChI is InChI=1S/C14H23N3O2S/c1-17-6-7-20-9-11(17)14-15-13(19-16-14)8-12(18)10-4-2-3-5-10/h10-12,18H,2-9H2,1H3. The van der Waals surface area contributed by atoms with E-state index in [1.807, 2.05) is 11.8 Å². The second-order valence-electron chi connectivity index (χ2n) is 5.93. The molecule has 20 heavy (non-hydrogen) atoms. The van der Waals surface area contributed by atoms with Crippen molar-refractivity contribution in [2.24, 2.45) is 5.92 Å². The zero-order chi connectivity index (χ0) is 13.9. The lowest BCUT2D eigenvalue weighted by molar-refractivity contribution is 0.102. The number of hydrogen-bond acceptors (Lipinski definition) is 6. The molecule has 1 aromatic rings. The number of aliphatic hydroxyl groups excluding tert-OH is 1. The van der Waals surface area contributed by atoms with Crippen LogP contribution in [0.25, 0.3) is 0 Å². The van der Waals surface area contributed by atoms with E-state index in [-0.39, 0.29) is 12.1 Å². The number of nitrogens with zero attached hydrogens (tertiary/aromatic N) is 3. The highest BCUT2D eigenvalue weighted by atomic mass is 32.2. The lowest BCUT2D eigenvalue weighted by Gasteiger charge is -2.29. The molecule has 2 unspecified atom stereocenters. The first-order valence-electron chi connectivity index (χ1n) is 7.52. The molecule has 2 heterocycles. The zero-order valence-corrected chi connectivity index (χ0v) is 12.8. The van der Waals surface area contributed by atoms with Crippen LogP contribution in [-0.2, 0) is 6.42 Å². The van der Waals surface area contributed by atoms with Crippen LogP contribution in [0.15, 0.2) is 4.52 Å². The van der Waals surface area contributed by atoms with Gasteiger partial charge in [0.1, 0.15) is 0 Å². The van der Waals surface area contributed by atoms with Crippen LogP contribution in [0.5, 0.6) is 0 Å². The van der Waals surface area contributed by atoms with E-state index < -0.39 is 0 Å². The number of rotatable bonds is 4. The van der Waals surface area contributed by atoms with E-state index in [1.165, 1.54) is 12.8 Å². The summed E-state index contributed by atoms with van der Waals surface area (Å²) in [7, 11) is 2.10. The van der Waals surface area contributed by atoms with Crippen molar-refractivity contribution in [1.82, 2.24) is 15.0 Å². The Labute approximate surface area is 124 Å². The Morgan fingerprint density at radius 1 is 1.45 bits per heavy atom. The van der Waals surface area contributed by atoms with Gasteiger partial charge in [-0.05, 0) is 25.8 Å². The predicted molar refractivity (Wildman–Crippen MR) is 78.7 cm³/mol. The molecule has 0 radical (unpaired) electrons. The lowest BCUT2D eigenvalue weighted by Crippen LogP contribution is -2.33. The summed E-state index contributed by atoms with van der Waals surface area (Å²) in [6.07, 6.45) is 4.90. The van der Waals surface area contributed by atoms with Crippen LogP contribution in [0.4, 0.5) is 0 Å². The molecule has 6 heteroatoms. The molecule has 1 aliphatic heterocycles. The van der Waals surface area contributed by atoms with Crippen molar-refractivity contribution < 1.29 is 9.63 Å². The minimum atomic E-state index is -0.329. The average Bonchev–Trinajstić information content (AvgIpc) is 3.10. The third-order valence-corrected chi connectivity index (χ3v) is 5.53. The molecule has 0 bridgehead atoms. The van der Waals surface area contributed by atoms with E-state index in [0.29, 0.717) is 18.2 Å². The van der Waals surface area contributed by atoms with Gasteiger partial charge in [-0.25, -0.2) is 0 Å². The summed E-state index contributed by atoms with van der Waals surface area (Å²) in [6, 6.07) is 0.245. The van der Waals surface area contributed by atoms with Crippen LogP contribution in [-0.4, -0.2) is 51.3 Å². The lowest BCUT2D eigenvalue weighted by atomic mass is 9.98. The highest BCUT2D eigenvalue weighted by Crippen LogP contribution is 2.30. The highest BCUT2D eigenvalue weighted by Gasteiger charge is 2.28. The highest BCUT2D eigenvalue weighted by molar-refractivity contribution is 7.99. The topological polar surface area (TPSA) is 62.4 Å². The first-order valence-corrected chi connectivity index (χ1v) is 8.68. The average molecular weight is 297 g/mol. The van der Waals surface area contributed by atoms with E-state index in [1.54, 1.807) is 0 Å². The fraction of sp³-hybridized carbons (Fsp3) is 0.857. The van der Waals surface area contributed by atoms with Gasteiger partial charge in [-0.1, -0.05) is 18.0 Å². The SMILES string of the molecule is CN1CCSCC1c1noc(CC(O)C2CCCC2)n1. The molecule has 0 amide bonds. The maximum Gasteiger partial charge on any atom is 0.229 e. The minimum absolute atomic E-state index is 0.245. The van der Waals surface area contributed by atoms with Gasteiger partial charge in [0.05, 0.1) is 18.6 Å². The third-order valence-electron chi connectivity index (χ3n) is 4.51. The molecule has 1 N–H and O–H groups in total. The van der Waals surface area contributed by atoms with Crippen LogP contribution in [0, 0.1) is 5.92 Å². The van der Waals surface area contributed by atoms with E-state index in [4.69, 9.17) is 4.52 Å². The Hall–Kier alpha value is -0.590. The molecule has 2 fully saturated rings. The van der Waals surface area contributed by atoms with Gasteiger partial charge in [0.15, 0.2) is 5.82 Å². The second-order valence-corrected chi connectivity index (χ2v) is 7.08. The monoisotopic (exact) mass is 297 g/mol. The number of thioether (sulfide) groups is 1. The zero-order valence-electron chi connectivity index (χ0n) is 12.0. The van der Waals surface area contributed by atoms with E-state index >= 15 is 0 Å². The Kier molecular flexibility index (Phi) is 4.63. The van der Waals surface area contributed by atoms with Gasteiger partial charge in [-0.15, -0.1) is 0 Å². The first kappa shape index (κ1) is 14.4. The van der Waals surface area contributed by atoms with Crippen LogP contribution in [0.1, 0.15) is 43.4 Å². The van der Waals surface area contributed by atoms with Gasteiger partial charge in [-0.2, -0.15) is 16.7 Å². The van der Waals surface area contributed by atoms with Crippen molar-refractivity contribution in [3.8, 4) is 0 Å². The Balaban J connectivity index is 1.61. The van der Waals surface area contributed by atoms with E-state index in [9.17, 15) is 5.11 Å². The summed E-state index contributed by atoms with van der Waals surface area (Å²) in [5.41, 5.74) is 0. The molecule has 0 spiro atoms. The minimum Gasteiger partial charge on any atom is -0.392 e. The van der Waals surface area contributed by atoms with Crippen molar-refractivity contribution in [3.05, 3.63) is 11.7 Å². The Morgan fingerprint density at radius 3 is 3.00 bits per heavy atom. The fourth-order valence-corrected chi connectivity index (χ4v) is 4.34. The maximum absolute atomic E-state index is 10.2. The van der Waals surface area contributed by atoms with Crippen molar-refractivity contribution in [3.63, 3.8) is 0 Å². The summed E-state index contributed by atoms with van der Waals surface area (Å²) in [5.74, 6) is 3.95. The summed E-state index contributed by atoms with van der Waals surface area (Å²) >= 11 is 1.93. The summed E-state index contributed by atoms with van der Waals surface area (Å²) in [6.45, 7) is 1.06. The predicted octanol–water partition coefficient (Wildman–Crippen LogP) is 1.88. The number of aliphatic hydroxyl groups is 1. The molecule has 2 atom stereocenters. The molecule has 2 aliphatic rings. The summed E-state index contributed by atoms with van der Waals surface area (Å²) < 4.78 is 5.34. The normalized spacial score (nSPS) is 27.0. The van der Waals surface area contributed by atoms with Gasteiger partial charge in [-0.3, -0.25) is 4.90 Å². The van der Waals surface area contributed by atoms with Gasteiger partial charge < -0.3 is 9.63 Å². The Morgan fingerprint density at radius 2 is 2.25 bits per heavy atom. The second kappa shape index (κ2) is 6.45. The maximum atomic E-state index is 10.2. The molecular weight excluding hydrogens is 274 g/mol. The summed E-state index contributed by atoms with van der Waals surface area (Å²) in [4.78, 5) is 6.78. The smallest absolute Gasteiger partial charge is 0.229 e. The van der Waals surface area contributed by atoms with Gasteiger partial charge in [0, 0.05) is 18.1 Å². The molecular formula is C14H23N3O2S. The molecule has 1 saturated heterocycles. The quantitative estimate of drug-likeness (QED) is 0.915. The molecule has 5 nitrogen and oxygen atoms in total. The largest absolute Gasteiger partial charge is 0.392 e. The van der Waals surface area contributed by atoms with Gasteiger partial charge in [0.2, 0.25) is 5.89 Å². The first-order chi connectivity index (χ1) is 9.74. The molecule has 1 aliphatic carbocycles. The van der Waals surface area contributed by atoms with Crippen LogP contribution < -0.4 is 0 Å². The molecule has 0 aromatic carbocycles. The molecule has 1 aromatic heterocycles. The van der Waals surface area contributed by atoms with Gasteiger partial charge in [0.25, 0.3) is 0 Å². The van der Waals surface area contributed by atoms with Crippen molar-refractivity contribution >= 4 is 11.8 Å². The van der Waals surface area contributed by atoms with Crippen LogP contribution >= 0.6 is 11.8 Å². The summed E-state index contributed by atoms with van der Waals surface area (Å²) in [5, 5.41) is 14.3. The van der Waals surface area contributed by atoms with E-state index in [0.717, 1.165) is 36.7 Å². The molecule has 1 saturated carbocycles. The van der Waals surface area contributed by atoms with Crippen LogP contribution in [0.2, 0.25) is 0 Å². The Bertz CT molecular complexity index is 434. The van der Waals surface area contributed by atoms with Gasteiger partial charge >= 0.3 is 0 Å². The number of hydrogen-bond donors (Lipinski definition) is 1. The van der Waals surface area contributed by atoms with Crippen molar-refractivity contribution in [1.29, 1.82) is 0 Å². The van der Waals surface area contributed by atoms with Crippen molar-refractivity contribution in [2.45, 2.75) is 44.2 Å². The molecule has 112 valence electrons. The van der Waals surface area contributed by atoms with Crippen molar-refractivity contribution in [2.75, 3.05) is 25.1 Å². The third kappa shape index (κ3) is 3.18.